The van der Waals surface area contributed by atoms with Crippen molar-refractivity contribution in [1.29, 1.82) is 0 Å². The zero-order valence-electron chi connectivity index (χ0n) is 18.6. The highest BCUT2D eigenvalue weighted by Gasteiger charge is 2.21. The Morgan fingerprint density at radius 1 is 0.727 bits per heavy atom. The van der Waals surface area contributed by atoms with Crippen molar-refractivity contribution in [3.63, 3.8) is 0 Å². The van der Waals surface area contributed by atoms with Gasteiger partial charge < -0.3 is 24.3 Å². The van der Waals surface area contributed by atoms with E-state index in [1.165, 1.54) is 11.3 Å². The molecule has 0 radical (unpaired) electrons. The number of hydrogen-bond acceptors (Lipinski definition) is 7. The van der Waals surface area contributed by atoms with Crippen molar-refractivity contribution < 1.29 is 18.9 Å². The molecule has 0 unspecified atom stereocenters. The molecule has 0 saturated carbocycles. The lowest BCUT2D eigenvalue weighted by Crippen LogP contribution is -1.94. The number of aromatic nitrogens is 1. The summed E-state index contributed by atoms with van der Waals surface area (Å²) in [4.78, 5) is 4.98. The summed E-state index contributed by atoms with van der Waals surface area (Å²) in [6.07, 6.45) is 0. The van der Waals surface area contributed by atoms with Crippen molar-refractivity contribution in [3.05, 3.63) is 65.7 Å². The van der Waals surface area contributed by atoms with Crippen LogP contribution in [-0.2, 0) is 0 Å². The predicted octanol–water partition coefficient (Wildman–Crippen LogP) is 6.91. The molecule has 0 aliphatic rings. The quantitative estimate of drug-likeness (QED) is 0.294. The molecular formula is C25H23ClN2O4S. The predicted molar refractivity (Wildman–Crippen MR) is 134 cm³/mol. The molecule has 4 aromatic rings. The highest BCUT2D eigenvalue weighted by molar-refractivity contribution is 7.19. The molecule has 0 fully saturated rings. The Balaban J connectivity index is 1.86. The number of benzene rings is 3. The van der Waals surface area contributed by atoms with Gasteiger partial charge >= 0.3 is 0 Å². The smallest absolute Gasteiger partial charge is 0.132 e. The fraction of sp³-hybridized carbons (Fsp3) is 0.160. The Bertz CT molecular complexity index is 1260. The lowest BCUT2D eigenvalue weighted by atomic mass is 10.1. The van der Waals surface area contributed by atoms with Gasteiger partial charge in [-0.15, -0.1) is 0 Å². The molecule has 0 bridgehead atoms. The van der Waals surface area contributed by atoms with Crippen LogP contribution in [0.2, 0.25) is 5.02 Å². The standard InChI is InChI=1S/C25H23ClN2O4S/c1-29-17-9-11-19(21(13-17)31-3)23-25(27-16-7-5-15(26)6-8-16)33-24(28-23)20-12-10-18(30-2)14-22(20)32-4/h5-14,27H,1-4H3. The monoisotopic (exact) mass is 482 g/mol. The van der Waals surface area contributed by atoms with Crippen LogP contribution in [0.25, 0.3) is 21.8 Å². The van der Waals surface area contributed by atoms with Gasteiger partial charge in [0, 0.05) is 28.4 Å². The number of ether oxygens (including phenoxy) is 4. The average Bonchev–Trinajstić information content (AvgIpc) is 3.27. The molecule has 8 heteroatoms. The minimum Gasteiger partial charge on any atom is -0.497 e. The molecule has 0 saturated heterocycles. The second-order valence-corrected chi connectivity index (χ2v) is 8.40. The van der Waals surface area contributed by atoms with Crippen molar-refractivity contribution in [3.8, 4) is 44.8 Å². The second-order valence-electron chi connectivity index (χ2n) is 6.96. The van der Waals surface area contributed by atoms with Crippen molar-refractivity contribution in [1.82, 2.24) is 4.98 Å². The summed E-state index contributed by atoms with van der Waals surface area (Å²) in [5.41, 5.74) is 3.35. The highest BCUT2D eigenvalue weighted by atomic mass is 35.5. The summed E-state index contributed by atoms with van der Waals surface area (Å²) in [7, 11) is 6.51. The van der Waals surface area contributed by atoms with E-state index in [-0.39, 0.29) is 0 Å². The molecule has 3 aromatic carbocycles. The Labute approximate surface area is 201 Å². The van der Waals surface area contributed by atoms with Gasteiger partial charge in [-0.1, -0.05) is 22.9 Å². The van der Waals surface area contributed by atoms with Crippen LogP contribution >= 0.6 is 22.9 Å². The average molecular weight is 483 g/mol. The third-order valence-corrected chi connectivity index (χ3v) is 6.29. The van der Waals surface area contributed by atoms with Crippen molar-refractivity contribution in [2.24, 2.45) is 0 Å². The zero-order chi connectivity index (χ0) is 23.4. The zero-order valence-corrected chi connectivity index (χ0v) is 20.2. The van der Waals surface area contributed by atoms with Gasteiger partial charge in [0.15, 0.2) is 0 Å². The van der Waals surface area contributed by atoms with Crippen LogP contribution in [0.4, 0.5) is 10.7 Å². The number of halogens is 1. The normalized spacial score (nSPS) is 10.6. The molecular weight excluding hydrogens is 460 g/mol. The maximum atomic E-state index is 6.06. The van der Waals surface area contributed by atoms with Crippen molar-refractivity contribution in [2.45, 2.75) is 0 Å². The van der Waals surface area contributed by atoms with E-state index in [2.05, 4.69) is 5.32 Å². The first kappa shape index (κ1) is 22.8. The van der Waals surface area contributed by atoms with Crippen LogP contribution in [0.5, 0.6) is 23.0 Å². The molecule has 33 heavy (non-hydrogen) atoms. The minimum absolute atomic E-state index is 0.659. The summed E-state index contributed by atoms with van der Waals surface area (Å²) in [5.74, 6) is 2.75. The van der Waals surface area contributed by atoms with E-state index < -0.39 is 0 Å². The molecule has 1 N–H and O–H groups in total. The number of thiazole rings is 1. The number of methoxy groups -OCH3 is 4. The van der Waals surface area contributed by atoms with E-state index in [0.29, 0.717) is 28.0 Å². The first-order chi connectivity index (χ1) is 16.1. The summed E-state index contributed by atoms with van der Waals surface area (Å²) >= 11 is 7.58. The Morgan fingerprint density at radius 2 is 1.30 bits per heavy atom. The van der Waals surface area contributed by atoms with Crippen LogP contribution in [0.1, 0.15) is 0 Å². The summed E-state index contributed by atoms with van der Waals surface area (Å²) in [6, 6.07) is 18.9. The van der Waals surface area contributed by atoms with Gasteiger partial charge in [-0.05, 0) is 48.5 Å². The van der Waals surface area contributed by atoms with Crippen LogP contribution < -0.4 is 24.3 Å². The Morgan fingerprint density at radius 3 is 1.88 bits per heavy atom. The maximum Gasteiger partial charge on any atom is 0.132 e. The van der Waals surface area contributed by atoms with Gasteiger partial charge in [0.25, 0.3) is 0 Å². The van der Waals surface area contributed by atoms with E-state index in [1.54, 1.807) is 28.4 Å². The molecule has 0 aliphatic heterocycles. The second kappa shape index (κ2) is 10.0. The van der Waals surface area contributed by atoms with Gasteiger partial charge in [-0.25, -0.2) is 4.98 Å². The van der Waals surface area contributed by atoms with Crippen LogP contribution in [-0.4, -0.2) is 33.4 Å². The van der Waals surface area contributed by atoms with E-state index in [4.69, 9.17) is 35.5 Å². The Kier molecular flexibility index (Phi) is 6.91. The minimum atomic E-state index is 0.659. The topological polar surface area (TPSA) is 61.8 Å². The van der Waals surface area contributed by atoms with Crippen molar-refractivity contribution in [2.75, 3.05) is 33.8 Å². The number of hydrogen-bond donors (Lipinski definition) is 1. The van der Waals surface area contributed by atoms with Crippen molar-refractivity contribution >= 4 is 33.6 Å². The number of anilines is 2. The summed E-state index contributed by atoms with van der Waals surface area (Å²) in [5, 5.41) is 5.79. The number of nitrogens with zero attached hydrogens (tertiary/aromatic N) is 1. The fourth-order valence-corrected chi connectivity index (χ4v) is 4.49. The third kappa shape index (κ3) is 4.84. The van der Waals surface area contributed by atoms with E-state index in [9.17, 15) is 0 Å². The van der Waals surface area contributed by atoms with Gasteiger partial charge in [0.2, 0.25) is 0 Å². The number of nitrogens with one attached hydrogen (secondary N) is 1. The first-order valence-electron chi connectivity index (χ1n) is 10.0. The molecule has 170 valence electrons. The van der Waals surface area contributed by atoms with Gasteiger partial charge in [-0.3, -0.25) is 0 Å². The molecule has 0 atom stereocenters. The van der Waals surface area contributed by atoms with E-state index in [1.807, 2.05) is 60.7 Å². The lowest BCUT2D eigenvalue weighted by molar-refractivity contribution is 0.395. The molecule has 0 spiro atoms. The molecule has 4 rings (SSSR count). The molecule has 6 nitrogen and oxygen atoms in total. The van der Waals surface area contributed by atoms with Gasteiger partial charge in [0.05, 0.1) is 34.0 Å². The third-order valence-electron chi connectivity index (χ3n) is 5.03. The number of rotatable bonds is 8. The van der Waals surface area contributed by atoms with Crippen LogP contribution in [0, 0.1) is 0 Å². The first-order valence-corrected chi connectivity index (χ1v) is 11.2. The molecule has 1 heterocycles. The fourth-order valence-electron chi connectivity index (χ4n) is 3.34. The van der Waals surface area contributed by atoms with E-state index >= 15 is 0 Å². The van der Waals surface area contributed by atoms with Crippen LogP contribution in [0.3, 0.4) is 0 Å². The summed E-state index contributed by atoms with van der Waals surface area (Å²) in [6.45, 7) is 0. The largest absolute Gasteiger partial charge is 0.497 e. The molecule has 0 amide bonds. The summed E-state index contributed by atoms with van der Waals surface area (Å²) < 4.78 is 22.0. The van der Waals surface area contributed by atoms with Crippen LogP contribution in [0.15, 0.2) is 60.7 Å². The highest BCUT2D eigenvalue weighted by Crippen LogP contribution is 2.45. The molecule has 0 aliphatic carbocycles. The Hall–Kier alpha value is -3.42. The van der Waals surface area contributed by atoms with Gasteiger partial charge in [0.1, 0.15) is 38.7 Å². The molecule has 1 aromatic heterocycles. The van der Waals surface area contributed by atoms with E-state index in [0.717, 1.165) is 32.5 Å². The lowest BCUT2D eigenvalue weighted by Gasteiger charge is -2.11. The maximum absolute atomic E-state index is 6.06. The van der Waals surface area contributed by atoms with Gasteiger partial charge in [-0.2, -0.15) is 0 Å². The SMILES string of the molecule is COc1ccc(-c2nc(-c3ccc(OC)cc3OC)c(Nc3ccc(Cl)cc3)s2)c(OC)c1.